The maximum Gasteiger partial charge on any atom is 0.238 e. The smallest absolute Gasteiger partial charge is 0.238 e. The van der Waals surface area contributed by atoms with Crippen LogP contribution in [0, 0.1) is 6.92 Å². The van der Waals surface area contributed by atoms with Gasteiger partial charge in [0, 0.05) is 9.37 Å². The van der Waals surface area contributed by atoms with E-state index >= 15 is 0 Å². The Kier molecular flexibility index (Phi) is 4.29. The van der Waals surface area contributed by atoms with Crippen LogP contribution in [0.3, 0.4) is 0 Å². The van der Waals surface area contributed by atoms with E-state index in [4.69, 9.17) is 11.6 Å². The van der Waals surface area contributed by atoms with Gasteiger partial charge in [0.2, 0.25) is 5.91 Å². The lowest BCUT2D eigenvalue weighted by Gasteiger charge is -2.14. The molecule has 0 saturated heterocycles. The number of aryl methyl sites for hydroxylation is 1. The van der Waals surface area contributed by atoms with Gasteiger partial charge in [-0.3, -0.25) is 4.79 Å². The third-order valence-corrected chi connectivity index (χ3v) is 5.51. The second-order valence-corrected chi connectivity index (χ2v) is 7.55. The highest BCUT2D eigenvalue weighted by Crippen LogP contribution is 2.38. The summed E-state index contributed by atoms with van der Waals surface area (Å²) in [5, 5.41) is 3.43. The van der Waals surface area contributed by atoms with Gasteiger partial charge in [0.1, 0.15) is 0 Å². The van der Waals surface area contributed by atoms with Crippen LogP contribution < -0.4 is 5.32 Å². The van der Waals surface area contributed by atoms with Crippen molar-refractivity contribution in [3.63, 3.8) is 0 Å². The Morgan fingerprint density at radius 3 is 2.86 bits per heavy atom. The standard InChI is InChI=1S/C16H13BrClNOS/c1-9-6-11(17)8-12(18)15(9)19-16(20)14-7-10-4-2-3-5-13(10)21-14/h2-6,8,14H,7H2,1H3,(H,19,20). The van der Waals surface area contributed by atoms with E-state index in [9.17, 15) is 4.79 Å². The Balaban J connectivity index is 1.77. The van der Waals surface area contributed by atoms with Gasteiger partial charge in [-0.2, -0.15) is 0 Å². The number of carbonyl (C=O) groups is 1. The number of benzene rings is 2. The fraction of sp³-hybridized carbons (Fsp3) is 0.188. The maximum atomic E-state index is 12.5. The summed E-state index contributed by atoms with van der Waals surface area (Å²) in [5.41, 5.74) is 2.88. The van der Waals surface area contributed by atoms with Gasteiger partial charge < -0.3 is 5.32 Å². The van der Waals surface area contributed by atoms with E-state index in [0.717, 1.165) is 16.5 Å². The highest BCUT2D eigenvalue weighted by Gasteiger charge is 2.28. The molecule has 1 amide bonds. The van der Waals surface area contributed by atoms with Crippen molar-refractivity contribution in [1.82, 2.24) is 0 Å². The molecule has 0 aromatic heterocycles. The van der Waals surface area contributed by atoms with Gasteiger partial charge in [-0.1, -0.05) is 45.7 Å². The Hall–Kier alpha value is -0.970. The molecule has 5 heteroatoms. The molecule has 0 bridgehead atoms. The number of fused-ring (bicyclic) bond motifs is 1. The molecule has 108 valence electrons. The van der Waals surface area contributed by atoms with Crippen molar-refractivity contribution in [3.05, 3.63) is 57.0 Å². The normalized spacial score (nSPS) is 16.6. The number of carbonyl (C=O) groups excluding carboxylic acids is 1. The maximum absolute atomic E-state index is 12.5. The van der Waals surface area contributed by atoms with Gasteiger partial charge in [0.15, 0.2) is 0 Å². The molecule has 0 aliphatic carbocycles. The van der Waals surface area contributed by atoms with Crippen LogP contribution in [0.1, 0.15) is 11.1 Å². The summed E-state index contributed by atoms with van der Waals surface area (Å²) >= 11 is 11.2. The lowest BCUT2D eigenvalue weighted by atomic mass is 10.1. The molecule has 1 N–H and O–H groups in total. The minimum Gasteiger partial charge on any atom is -0.324 e. The number of thioether (sulfide) groups is 1. The zero-order valence-corrected chi connectivity index (χ0v) is 14.5. The molecule has 1 aliphatic heterocycles. The second kappa shape index (κ2) is 6.03. The lowest BCUT2D eigenvalue weighted by Crippen LogP contribution is -2.25. The molecular formula is C16H13BrClNOS. The first-order valence-electron chi connectivity index (χ1n) is 6.55. The number of hydrogen-bond donors (Lipinski definition) is 1. The number of anilines is 1. The Bertz CT molecular complexity index is 671. The Morgan fingerprint density at radius 2 is 2.14 bits per heavy atom. The zero-order chi connectivity index (χ0) is 15.0. The fourth-order valence-electron chi connectivity index (χ4n) is 2.39. The quantitative estimate of drug-likeness (QED) is 0.786. The molecule has 1 heterocycles. The molecule has 0 spiro atoms. The number of halogens is 2. The third-order valence-electron chi connectivity index (χ3n) is 3.44. The molecule has 0 fully saturated rings. The molecule has 1 aliphatic rings. The number of nitrogens with one attached hydrogen (secondary N) is 1. The van der Waals surface area contributed by atoms with Crippen LogP contribution in [-0.4, -0.2) is 11.2 Å². The predicted octanol–water partition coefficient (Wildman–Crippen LogP) is 5.07. The van der Waals surface area contributed by atoms with E-state index in [0.29, 0.717) is 10.7 Å². The van der Waals surface area contributed by atoms with Crippen molar-refractivity contribution in [3.8, 4) is 0 Å². The van der Waals surface area contributed by atoms with Crippen LogP contribution in [0.25, 0.3) is 0 Å². The van der Waals surface area contributed by atoms with Gasteiger partial charge >= 0.3 is 0 Å². The van der Waals surface area contributed by atoms with E-state index < -0.39 is 0 Å². The molecule has 3 rings (SSSR count). The summed E-state index contributed by atoms with van der Waals surface area (Å²) < 4.78 is 0.908. The average Bonchev–Trinajstić information content (AvgIpc) is 2.86. The monoisotopic (exact) mass is 381 g/mol. The van der Waals surface area contributed by atoms with Gasteiger partial charge in [-0.25, -0.2) is 0 Å². The van der Waals surface area contributed by atoms with Gasteiger partial charge in [-0.15, -0.1) is 11.8 Å². The van der Waals surface area contributed by atoms with Crippen molar-refractivity contribution >= 4 is 50.9 Å². The first-order chi connectivity index (χ1) is 10.0. The minimum absolute atomic E-state index is 0.00326. The van der Waals surface area contributed by atoms with E-state index in [2.05, 4.69) is 33.4 Å². The van der Waals surface area contributed by atoms with E-state index in [1.165, 1.54) is 10.5 Å². The van der Waals surface area contributed by atoms with Crippen molar-refractivity contribution < 1.29 is 4.79 Å². The molecule has 1 atom stereocenters. The summed E-state index contributed by atoms with van der Waals surface area (Å²) in [4.78, 5) is 13.7. The van der Waals surface area contributed by atoms with Crippen molar-refractivity contribution in [2.75, 3.05) is 5.32 Å². The molecule has 2 aromatic carbocycles. The summed E-state index contributed by atoms with van der Waals surface area (Å²) in [5.74, 6) is 0.00326. The first kappa shape index (κ1) is 14.9. The van der Waals surface area contributed by atoms with Crippen LogP contribution in [0.2, 0.25) is 5.02 Å². The number of amides is 1. The van der Waals surface area contributed by atoms with Crippen molar-refractivity contribution in [2.45, 2.75) is 23.5 Å². The SMILES string of the molecule is Cc1cc(Br)cc(Cl)c1NC(=O)C1Cc2ccccc2S1. The highest BCUT2D eigenvalue weighted by atomic mass is 79.9. The minimum atomic E-state index is -0.0958. The highest BCUT2D eigenvalue weighted by molar-refractivity contribution is 9.10. The number of hydrogen-bond acceptors (Lipinski definition) is 2. The van der Waals surface area contributed by atoms with Crippen LogP contribution in [0.4, 0.5) is 5.69 Å². The molecule has 0 saturated carbocycles. The summed E-state index contributed by atoms with van der Waals surface area (Å²) in [6.07, 6.45) is 0.764. The van der Waals surface area contributed by atoms with Crippen LogP contribution in [0.5, 0.6) is 0 Å². The zero-order valence-electron chi connectivity index (χ0n) is 11.3. The Labute approximate surface area is 141 Å². The van der Waals surface area contributed by atoms with Crippen molar-refractivity contribution in [1.29, 1.82) is 0 Å². The van der Waals surface area contributed by atoms with Crippen LogP contribution in [-0.2, 0) is 11.2 Å². The van der Waals surface area contributed by atoms with Crippen LogP contribution >= 0.6 is 39.3 Å². The summed E-state index contributed by atoms with van der Waals surface area (Å²) in [7, 11) is 0. The predicted molar refractivity (Wildman–Crippen MR) is 92.3 cm³/mol. The lowest BCUT2D eigenvalue weighted by molar-refractivity contribution is -0.115. The van der Waals surface area contributed by atoms with Crippen LogP contribution in [0.15, 0.2) is 45.8 Å². The largest absolute Gasteiger partial charge is 0.324 e. The first-order valence-corrected chi connectivity index (χ1v) is 8.61. The molecule has 2 aromatic rings. The molecule has 0 radical (unpaired) electrons. The van der Waals surface area contributed by atoms with Crippen molar-refractivity contribution in [2.24, 2.45) is 0 Å². The van der Waals surface area contributed by atoms with E-state index in [-0.39, 0.29) is 11.2 Å². The van der Waals surface area contributed by atoms with E-state index in [1.54, 1.807) is 17.8 Å². The van der Waals surface area contributed by atoms with Gasteiger partial charge in [0.05, 0.1) is 16.0 Å². The summed E-state index contributed by atoms with van der Waals surface area (Å²) in [6.45, 7) is 1.93. The van der Waals surface area contributed by atoms with E-state index in [1.807, 2.05) is 25.1 Å². The van der Waals surface area contributed by atoms with Gasteiger partial charge in [0.25, 0.3) is 0 Å². The second-order valence-electron chi connectivity index (χ2n) is 4.99. The van der Waals surface area contributed by atoms with Gasteiger partial charge in [-0.05, 0) is 42.7 Å². The summed E-state index contributed by atoms with van der Waals surface area (Å²) in [6, 6.07) is 11.9. The third kappa shape index (κ3) is 3.12. The number of rotatable bonds is 2. The fourth-order valence-corrected chi connectivity index (χ4v) is 4.61. The molecular weight excluding hydrogens is 370 g/mol. The molecule has 1 unspecified atom stereocenters. The topological polar surface area (TPSA) is 29.1 Å². The molecule has 2 nitrogen and oxygen atoms in total. The Morgan fingerprint density at radius 1 is 1.38 bits per heavy atom. The molecule has 21 heavy (non-hydrogen) atoms. The average molecular weight is 383 g/mol.